The third kappa shape index (κ3) is 3.73. The fourth-order valence-electron chi connectivity index (χ4n) is 1.55. The Bertz CT molecular complexity index is 621. The van der Waals surface area contributed by atoms with Crippen LogP contribution in [-0.2, 0) is 4.79 Å². The molecule has 5 nitrogen and oxygen atoms in total. The van der Waals surface area contributed by atoms with Crippen LogP contribution in [0.25, 0.3) is 0 Å². The lowest BCUT2D eigenvalue weighted by atomic mass is 10.3. The zero-order chi connectivity index (χ0) is 14.4. The van der Waals surface area contributed by atoms with Crippen LogP contribution in [0.5, 0.6) is 0 Å². The summed E-state index contributed by atoms with van der Waals surface area (Å²) in [7, 11) is 0. The van der Waals surface area contributed by atoms with Crippen molar-refractivity contribution in [3.05, 3.63) is 36.5 Å². The Morgan fingerprint density at radius 3 is 2.80 bits per heavy atom. The molecule has 2 aromatic rings. The number of carbonyl (C=O) groups excluding carboxylic acids is 1. The highest BCUT2D eigenvalue weighted by atomic mass is 32.2. The zero-order valence-electron chi connectivity index (χ0n) is 10.5. The number of thioether (sulfide) groups is 1. The highest BCUT2D eigenvalue weighted by Crippen LogP contribution is 2.27. The molecule has 0 radical (unpaired) electrons. The molecule has 1 heterocycles. The average molecular weight is 304 g/mol. The Hall–Kier alpha value is -2.04. The van der Waals surface area contributed by atoms with Crippen molar-refractivity contribution in [2.75, 3.05) is 22.9 Å². The van der Waals surface area contributed by atoms with Gasteiger partial charge in [-0.05, 0) is 12.1 Å². The molecule has 0 aliphatic rings. The third-order valence-corrected chi connectivity index (χ3v) is 4.44. The fourth-order valence-corrected chi connectivity index (χ4v) is 3.19. The van der Waals surface area contributed by atoms with Gasteiger partial charge in [0.2, 0.25) is 5.91 Å². The number of aromatic nitrogens is 1. The van der Waals surface area contributed by atoms with E-state index in [4.69, 9.17) is 11.0 Å². The van der Waals surface area contributed by atoms with Crippen molar-refractivity contribution < 1.29 is 4.79 Å². The standard InChI is InChI=1S/C13H12N4OS2/c14-6-7-17(10-4-2-1-3-5-10)11(18)9-19-12-8-16-13(15)20-12/h1-5,8H,7,9H2,(H2,15,16). The molecule has 0 spiro atoms. The highest BCUT2D eigenvalue weighted by Gasteiger charge is 2.15. The first-order chi connectivity index (χ1) is 9.70. The number of hydrogen-bond acceptors (Lipinski definition) is 6. The van der Waals surface area contributed by atoms with E-state index in [1.54, 1.807) is 6.20 Å². The summed E-state index contributed by atoms with van der Waals surface area (Å²) in [4.78, 5) is 17.6. The van der Waals surface area contributed by atoms with Gasteiger partial charge >= 0.3 is 0 Å². The minimum atomic E-state index is -0.116. The van der Waals surface area contributed by atoms with Gasteiger partial charge in [-0.25, -0.2) is 4.98 Å². The van der Waals surface area contributed by atoms with Gasteiger partial charge in [0.25, 0.3) is 0 Å². The Labute approximate surface area is 125 Å². The van der Waals surface area contributed by atoms with Gasteiger partial charge in [-0.2, -0.15) is 5.26 Å². The summed E-state index contributed by atoms with van der Waals surface area (Å²) in [6, 6.07) is 11.2. The van der Waals surface area contributed by atoms with E-state index in [2.05, 4.69) is 4.98 Å². The molecule has 7 heteroatoms. The van der Waals surface area contributed by atoms with Crippen molar-refractivity contribution in [1.29, 1.82) is 5.26 Å². The van der Waals surface area contributed by atoms with E-state index in [9.17, 15) is 4.79 Å². The van der Waals surface area contributed by atoms with Crippen molar-refractivity contribution in [3.63, 3.8) is 0 Å². The van der Waals surface area contributed by atoms with E-state index in [1.807, 2.05) is 36.4 Å². The van der Waals surface area contributed by atoms with Crippen LogP contribution < -0.4 is 10.6 Å². The summed E-state index contributed by atoms with van der Waals surface area (Å²) in [6.45, 7) is 0.0359. The summed E-state index contributed by atoms with van der Waals surface area (Å²) < 4.78 is 0.890. The zero-order valence-corrected chi connectivity index (χ0v) is 12.2. The molecule has 1 aromatic carbocycles. The fraction of sp³-hybridized carbons (Fsp3) is 0.154. The number of benzene rings is 1. The van der Waals surface area contributed by atoms with Gasteiger partial charge in [-0.1, -0.05) is 29.5 Å². The van der Waals surface area contributed by atoms with E-state index in [0.717, 1.165) is 9.90 Å². The predicted molar refractivity (Wildman–Crippen MR) is 81.7 cm³/mol. The monoisotopic (exact) mass is 304 g/mol. The molecule has 2 rings (SSSR count). The Kier molecular flexibility index (Phi) is 4.98. The SMILES string of the molecule is N#CCN(C(=O)CSc1cnc(N)s1)c1ccccc1. The second-order valence-corrected chi connectivity index (χ2v) is 6.12. The molecule has 1 amide bonds. The number of carbonyl (C=O) groups is 1. The van der Waals surface area contributed by atoms with Gasteiger partial charge < -0.3 is 5.73 Å². The van der Waals surface area contributed by atoms with Gasteiger partial charge in [0, 0.05) is 5.69 Å². The first kappa shape index (κ1) is 14.4. The van der Waals surface area contributed by atoms with E-state index >= 15 is 0 Å². The summed E-state index contributed by atoms with van der Waals surface area (Å²) in [5.74, 6) is 0.132. The number of nitriles is 1. The Morgan fingerprint density at radius 2 is 2.20 bits per heavy atom. The van der Waals surface area contributed by atoms with Crippen molar-refractivity contribution in [3.8, 4) is 6.07 Å². The average Bonchev–Trinajstić information content (AvgIpc) is 2.89. The lowest BCUT2D eigenvalue weighted by Gasteiger charge is -2.19. The van der Waals surface area contributed by atoms with Gasteiger partial charge in [0.1, 0.15) is 6.54 Å². The summed E-state index contributed by atoms with van der Waals surface area (Å²) in [6.07, 6.45) is 1.65. The second kappa shape index (κ2) is 6.93. The molecule has 2 N–H and O–H groups in total. The van der Waals surface area contributed by atoms with E-state index in [-0.39, 0.29) is 18.2 Å². The summed E-state index contributed by atoms with van der Waals surface area (Å²) >= 11 is 2.72. The lowest BCUT2D eigenvalue weighted by Crippen LogP contribution is -2.32. The summed E-state index contributed by atoms with van der Waals surface area (Å²) in [5, 5.41) is 9.34. The molecule has 0 unspecified atom stereocenters. The maximum absolute atomic E-state index is 12.2. The number of hydrogen-bond donors (Lipinski definition) is 1. The topological polar surface area (TPSA) is 83.0 Å². The number of amides is 1. The minimum Gasteiger partial charge on any atom is -0.375 e. The second-order valence-electron chi connectivity index (χ2n) is 3.78. The smallest absolute Gasteiger partial charge is 0.238 e. The molecule has 0 saturated heterocycles. The van der Waals surface area contributed by atoms with Crippen LogP contribution in [0, 0.1) is 11.3 Å². The van der Waals surface area contributed by atoms with Crippen LogP contribution in [0.3, 0.4) is 0 Å². The quantitative estimate of drug-likeness (QED) is 0.677. The van der Waals surface area contributed by atoms with Crippen molar-refractivity contribution >= 4 is 39.8 Å². The third-order valence-electron chi connectivity index (χ3n) is 2.44. The van der Waals surface area contributed by atoms with Crippen LogP contribution in [-0.4, -0.2) is 23.2 Å². The normalized spacial score (nSPS) is 9.95. The minimum absolute atomic E-state index is 0.0359. The number of rotatable bonds is 5. The lowest BCUT2D eigenvalue weighted by molar-refractivity contribution is -0.116. The van der Waals surface area contributed by atoms with Gasteiger partial charge in [-0.15, -0.1) is 11.8 Å². The number of para-hydroxylation sites is 1. The molecule has 0 aliphatic carbocycles. The number of nitrogens with two attached hydrogens (primary N) is 1. The van der Waals surface area contributed by atoms with E-state index < -0.39 is 0 Å². The van der Waals surface area contributed by atoms with E-state index in [0.29, 0.717) is 5.13 Å². The molecule has 0 aliphatic heterocycles. The van der Waals surface area contributed by atoms with Crippen molar-refractivity contribution in [1.82, 2.24) is 4.98 Å². The van der Waals surface area contributed by atoms with Crippen LogP contribution in [0.2, 0.25) is 0 Å². The van der Waals surface area contributed by atoms with Gasteiger partial charge in [0.05, 0.1) is 22.2 Å². The molecule has 20 heavy (non-hydrogen) atoms. The maximum Gasteiger partial charge on any atom is 0.238 e. The predicted octanol–water partition coefficient (Wildman–Crippen LogP) is 2.37. The van der Waals surface area contributed by atoms with Crippen LogP contribution >= 0.6 is 23.1 Å². The number of anilines is 2. The maximum atomic E-state index is 12.2. The first-order valence-corrected chi connectivity index (χ1v) is 7.57. The largest absolute Gasteiger partial charge is 0.375 e. The molecule has 0 saturated carbocycles. The summed E-state index contributed by atoms with van der Waals surface area (Å²) in [5.41, 5.74) is 6.26. The molecular formula is C13H12N4OS2. The van der Waals surface area contributed by atoms with Crippen molar-refractivity contribution in [2.24, 2.45) is 0 Å². The molecule has 0 fully saturated rings. The molecule has 1 aromatic heterocycles. The number of nitrogen functional groups attached to an aromatic ring is 1. The Morgan fingerprint density at radius 1 is 1.45 bits per heavy atom. The number of nitrogens with zero attached hydrogens (tertiary/aromatic N) is 3. The van der Waals surface area contributed by atoms with Gasteiger partial charge in [-0.3, -0.25) is 9.69 Å². The number of thiazole rings is 1. The van der Waals surface area contributed by atoms with Crippen LogP contribution in [0.4, 0.5) is 10.8 Å². The van der Waals surface area contributed by atoms with Gasteiger partial charge in [0.15, 0.2) is 5.13 Å². The molecule has 0 atom stereocenters. The highest BCUT2D eigenvalue weighted by molar-refractivity contribution is 8.01. The first-order valence-electron chi connectivity index (χ1n) is 5.77. The van der Waals surface area contributed by atoms with Crippen LogP contribution in [0.1, 0.15) is 0 Å². The van der Waals surface area contributed by atoms with Crippen molar-refractivity contribution in [2.45, 2.75) is 4.21 Å². The van der Waals surface area contributed by atoms with Crippen LogP contribution in [0.15, 0.2) is 40.7 Å². The Balaban J connectivity index is 2.02. The van der Waals surface area contributed by atoms with E-state index in [1.165, 1.54) is 28.0 Å². The molecular weight excluding hydrogens is 292 g/mol. The molecule has 102 valence electrons. The molecule has 0 bridgehead atoms.